The van der Waals surface area contributed by atoms with Gasteiger partial charge in [0.05, 0.1) is 55.2 Å². The van der Waals surface area contributed by atoms with Gasteiger partial charge in [-0.25, -0.2) is 4.98 Å². The molecule has 0 bridgehead atoms. The normalized spacial score (nSPS) is 17.6. The Morgan fingerprint density at radius 3 is 3.08 bits per heavy atom. The Morgan fingerprint density at radius 2 is 2.33 bits per heavy atom. The minimum Gasteiger partial charge on any atom is -0.384 e. The van der Waals surface area contributed by atoms with E-state index in [1.165, 1.54) is 0 Å². The predicted molar refractivity (Wildman–Crippen MR) is 89.6 cm³/mol. The van der Waals surface area contributed by atoms with E-state index in [4.69, 9.17) is 9.47 Å². The van der Waals surface area contributed by atoms with Crippen LogP contribution < -0.4 is 0 Å². The molecular formula is C16H22N4O3S. The summed E-state index contributed by atoms with van der Waals surface area (Å²) in [6.45, 7) is 4.60. The SMILES string of the molecule is COCCC(=O)N1Cc2ccnn2C[C@H](OCc2csc(C)n2)C1. The summed E-state index contributed by atoms with van der Waals surface area (Å²) in [6.07, 6.45) is 2.03. The third kappa shape index (κ3) is 4.19. The molecule has 2 aromatic heterocycles. The second-order valence-corrected chi connectivity index (χ2v) is 6.87. The Morgan fingerprint density at radius 1 is 1.46 bits per heavy atom. The molecule has 0 spiro atoms. The zero-order valence-corrected chi connectivity index (χ0v) is 14.8. The Labute approximate surface area is 145 Å². The first-order chi connectivity index (χ1) is 11.7. The van der Waals surface area contributed by atoms with Crippen molar-refractivity contribution in [2.45, 2.75) is 39.1 Å². The summed E-state index contributed by atoms with van der Waals surface area (Å²) >= 11 is 1.61. The van der Waals surface area contributed by atoms with Crippen LogP contribution in [0.1, 0.15) is 22.8 Å². The van der Waals surface area contributed by atoms with Gasteiger partial charge in [0.25, 0.3) is 0 Å². The highest BCUT2D eigenvalue weighted by atomic mass is 32.1. The number of aryl methyl sites for hydroxylation is 1. The van der Waals surface area contributed by atoms with Crippen LogP contribution in [0.3, 0.4) is 0 Å². The van der Waals surface area contributed by atoms with Crippen LogP contribution in [0.4, 0.5) is 0 Å². The van der Waals surface area contributed by atoms with Crippen LogP contribution in [0.25, 0.3) is 0 Å². The van der Waals surface area contributed by atoms with E-state index in [1.807, 2.05) is 28.0 Å². The highest BCUT2D eigenvalue weighted by Crippen LogP contribution is 2.17. The van der Waals surface area contributed by atoms with E-state index < -0.39 is 0 Å². The molecule has 0 N–H and O–H groups in total. The quantitative estimate of drug-likeness (QED) is 0.792. The lowest BCUT2D eigenvalue weighted by atomic mass is 10.3. The largest absolute Gasteiger partial charge is 0.384 e. The third-order valence-corrected chi connectivity index (χ3v) is 4.79. The molecule has 24 heavy (non-hydrogen) atoms. The minimum atomic E-state index is -0.111. The lowest BCUT2D eigenvalue weighted by Gasteiger charge is -2.24. The van der Waals surface area contributed by atoms with Crippen molar-refractivity contribution >= 4 is 17.2 Å². The van der Waals surface area contributed by atoms with Crippen molar-refractivity contribution in [1.29, 1.82) is 0 Å². The minimum absolute atomic E-state index is 0.0737. The van der Waals surface area contributed by atoms with Gasteiger partial charge in [0.2, 0.25) is 5.91 Å². The topological polar surface area (TPSA) is 69.5 Å². The first-order valence-corrected chi connectivity index (χ1v) is 8.83. The number of carbonyl (C=O) groups excluding carboxylic acids is 1. The van der Waals surface area contributed by atoms with Gasteiger partial charge in [0.15, 0.2) is 0 Å². The van der Waals surface area contributed by atoms with Gasteiger partial charge in [-0.3, -0.25) is 9.48 Å². The summed E-state index contributed by atoms with van der Waals surface area (Å²) in [5.41, 5.74) is 1.95. The molecule has 3 heterocycles. The molecule has 0 aromatic carbocycles. The van der Waals surface area contributed by atoms with Crippen molar-refractivity contribution in [1.82, 2.24) is 19.7 Å². The van der Waals surface area contributed by atoms with Crippen LogP contribution in [-0.4, -0.2) is 51.9 Å². The second kappa shape index (κ2) is 7.87. The van der Waals surface area contributed by atoms with Crippen LogP contribution in [0.5, 0.6) is 0 Å². The number of fused-ring (bicyclic) bond motifs is 1. The summed E-state index contributed by atoms with van der Waals surface area (Å²) in [7, 11) is 1.60. The number of rotatable bonds is 6. The van der Waals surface area contributed by atoms with Gasteiger partial charge in [0, 0.05) is 25.2 Å². The number of hydrogen-bond acceptors (Lipinski definition) is 6. The molecular weight excluding hydrogens is 328 g/mol. The van der Waals surface area contributed by atoms with E-state index >= 15 is 0 Å². The lowest BCUT2D eigenvalue weighted by Crippen LogP contribution is -2.37. The van der Waals surface area contributed by atoms with Gasteiger partial charge in [-0.05, 0) is 13.0 Å². The molecule has 1 atom stereocenters. The first kappa shape index (κ1) is 17.1. The van der Waals surface area contributed by atoms with E-state index in [0.717, 1.165) is 16.4 Å². The molecule has 0 saturated heterocycles. The van der Waals surface area contributed by atoms with Crippen LogP contribution >= 0.6 is 11.3 Å². The van der Waals surface area contributed by atoms with E-state index in [-0.39, 0.29) is 12.0 Å². The van der Waals surface area contributed by atoms with Gasteiger partial charge >= 0.3 is 0 Å². The zero-order valence-electron chi connectivity index (χ0n) is 14.0. The lowest BCUT2D eigenvalue weighted by molar-refractivity contribution is -0.134. The molecule has 1 amide bonds. The average molecular weight is 350 g/mol. The Balaban J connectivity index is 1.67. The number of carbonyl (C=O) groups is 1. The average Bonchev–Trinajstić information content (AvgIpc) is 3.14. The maximum absolute atomic E-state index is 12.4. The fourth-order valence-electron chi connectivity index (χ4n) is 2.74. The van der Waals surface area contributed by atoms with Crippen molar-refractivity contribution in [2.75, 3.05) is 20.3 Å². The molecule has 8 heteroatoms. The third-order valence-electron chi connectivity index (χ3n) is 3.96. The summed E-state index contributed by atoms with van der Waals surface area (Å²) in [5.74, 6) is 0.0737. The summed E-state index contributed by atoms with van der Waals surface area (Å²) < 4.78 is 13.0. The Kier molecular flexibility index (Phi) is 5.60. The molecule has 130 valence electrons. The number of nitrogens with zero attached hydrogens (tertiary/aromatic N) is 4. The molecule has 0 aliphatic carbocycles. The zero-order chi connectivity index (χ0) is 16.9. The van der Waals surface area contributed by atoms with E-state index in [0.29, 0.717) is 39.3 Å². The highest BCUT2D eigenvalue weighted by molar-refractivity contribution is 7.09. The van der Waals surface area contributed by atoms with Crippen LogP contribution in [0.15, 0.2) is 17.6 Å². The van der Waals surface area contributed by atoms with Crippen molar-refractivity contribution in [3.8, 4) is 0 Å². The molecule has 7 nitrogen and oxygen atoms in total. The first-order valence-electron chi connectivity index (χ1n) is 7.95. The number of amides is 1. The van der Waals surface area contributed by atoms with E-state index in [2.05, 4.69) is 10.1 Å². The molecule has 0 saturated carbocycles. The van der Waals surface area contributed by atoms with Gasteiger partial charge < -0.3 is 14.4 Å². The summed E-state index contributed by atoms with van der Waals surface area (Å²) in [5, 5.41) is 7.38. The van der Waals surface area contributed by atoms with Crippen LogP contribution in [0, 0.1) is 6.92 Å². The second-order valence-electron chi connectivity index (χ2n) is 5.81. The Hall–Kier alpha value is -1.77. The fourth-order valence-corrected chi connectivity index (χ4v) is 3.33. The van der Waals surface area contributed by atoms with Crippen LogP contribution in [0.2, 0.25) is 0 Å². The Bertz CT molecular complexity index is 684. The maximum Gasteiger partial charge on any atom is 0.225 e. The van der Waals surface area contributed by atoms with Crippen molar-refractivity contribution in [3.63, 3.8) is 0 Å². The van der Waals surface area contributed by atoms with Crippen molar-refractivity contribution < 1.29 is 14.3 Å². The van der Waals surface area contributed by atoms with Gasteiger partial charge in [0.1, 0.15) is 0 Å². The van der Waals surface area contributed by atoms with Crippen LogP contribution in [-0.2, 0) is 34.0 Å². The predicted octanol–water partition coefficient (Wildman–Crippen LogP) is 1.61. The fraction of sp³-hybridized carbons (Fsp3) is 0.562. The molecule has 0 radical (unpaired) electrons. The molecule has 3 rings (SSSR count). The maximum atomic E-state index is 12.4. The van der Waals surface area contributed by atoms with Gasteiger partial charge in [-0.1, -0.05) is 0 Å². The molecule has 1 aliphatic rings. The number of aromatic nitrogens is 3. The van der Waals surface area contributed by atoms with Gasteiger partial charge in [-0.15, -0.1) is 11.3 Å². The number of ether oxygens (including phenoxy) is 2. The molecule has 0 unspecified atom stereocenters. The number of methoxy groups -OCH3 is 1. The summed E-state index contributed by atoms with van der Waals surface area (Å²) in [4.78, 5) is 18.7. The highest BCUT2D eigenvalue weighted by Gasteiger charge is 2.26. The van der Waals surface area contributed by atoms with Crippen molar-refractivity contribution in [3.05, 3.63) is 34.0 Å². The summed E-state index contributed by atoms with van der Waals surface area (Å²) in [6, 6.07) is 1.95. The standard InChI is InChI=1S/C16H22N4O3S/c1-12-18-13(11-24-12)10-23-15-8-19(16(21)4-6-22-2)7-14-3-5-17-20(14)9-15/h3,5,11,15H,4,6-10H2,1-2H3/t15-/m1/s1. The molecule has 1 aliphatic heterocycles. The monoisotopic (exact) mass is 350 g/mol. The van der Waals surface area contributed by atoms with Crippen molar-refractivity contribution in [2.24, 2.45) is 0 Å². The number of thiazole rings is 1. The van der Waals surface area contributed by atoms with E-state index in [1.54, 1.807) is 24.6 Å². The molecule has 2 aromatic rings. The van der Waals surface area contributed by atoms with E-state index in [9.17, 15) is 4.79 Å². The molecule has 0 fully saturated rings. The number of hydrogen-bond donors (Lipinski definition) is 0. The van der Waals surface area contributed by atoms with Gasteiger partial charge in [-0.2, -0.15) is 5.10 Å². The smallest absolute Gasteiger partial charge is 0.225 e.